The zero-order valence-electron chi connectivity index (χ0n) is 17.3. The summed E-state index contributed by atoms with van der Waals surface area (Å²) in [6, 6.07) is 12.7. The molecule has 7 nitrogen and oxygen atoms in total. The second-order valence-electron chi connectivity index (χ2n) is 7.54. The van der Waals surface area contributed by atoms with Gasteiger partial charge in [0.2, 0.25) is 5.91 Å². The molecular formula is C23H24N4O3S. The Balaban J connectivity index is 1.38. The monoisotopic (exact) mass is 436 g/mol. The average Bonchev–Trinajstić information content (AvgIpc) is 3.31. The van der Waals surface area contributed by atoms with E-state index in [1.807, 2.05) is 30.5 Å². The molecule has 4 rings (SSSR count). The van der Waals surface area contributed by atoms with E-state index in [1.54, 1.807) is 34.7 Å². The lowest BCUT2D eigenvalue weighted by Gasteiger charge is -2.32. The van der Waals surface area contributed by atoms with Crippen molar-refractivity contribution in [1.29, 1.82) is 0 Å². The van der Waals surface area contributed by atoms with Crippen molar-refractivity contribution in [2.75, 3.05) is 18.4 Å². The number of ether oxygens (including phenoxy) is 1. The smallest absolute Gasteiger partial charge is 0.254 e. The fraction of sp³-hybridized carbons (Fsp3) is 0.304. The second kappa shape index (κ2) is 9.70. The third kappa shape index (κ3) is 5.46. The van der Waals surface area contributed by atoms with Gasteiger partial charge in [0.1, 0.15) is 18.2 Å². The van der Waals surface area contributed by atoms with Crippen molar-refractivity contribution >= 4 is 29.0 Å². The van der Waals surface area contributed by atoms with Crippen LogP contribution in [-0.2, 0) is 11.4 Å². The summed E-state index contributed by atoms with van der Waals surface area (Å²) in [6.45, 7) is 3.26. The van der Waals surface area contributed by atoms with E-state index in [2.05, 4.69) is 15.3 Å². The molecule has 1 aliphatic heterocycles. The van der Waals surface area contributed by atoms with Crippen molar-refractivity contribution in [3.8, 4) is 5.75 Å². The predicted molar refractivity (Wildman–Crippen MR) is 119 cm³/mol. The molecule has 0 aliphatic carbocycles. The van der Waals surface area contributed by atoms with Crippen LogP contribution in [0, 0.1) is 12.8 Å². The van der Waals surface area contributed by atoms with E-state index >= 15 is 0 Å². The Labute approximate surface area is 185 Å². The number of nitrogens with one attached hydrogen (secondary N) is 1. The largest absolute Gasteiger partial charge is 0.487 e. The van der Waals surface area contributed by atoms with E-state index in [0.29, 0.717) is 36.8 Å². The number of nitrogens with zero attached hydrogens (tertiary/aromatic N) is 3. The van der Waals surface area contributed by atoms with Crippen molar-refractivity contribution in [3.63, 3.8) is 0 Å². The van der Waals surface area contributed by atoms with E-state index in [0.717, 1.165) is 24.2 Å². The van der Waals surface area contributed by atoms with E-state index in [1.165, 1.54) is 11.3 Å². The summed E-state index contributed by atoms with van der Waals surface area (Å²) in [5.41, 5.74) is 4.01. The maximum absolute atomic E-state index is 13.1. The fourth-order valence-electron chi connectivity index (χ4n) is 3.58. The first-order chi connectivity index (χ1) is 15.1. The maximum atomic E-state index is 13.1. The first-order valence-corrected chi connectivity index (χ1v) is 11.2. The number of hydrogen-bond donors (Lipinski definition) is 1. The Morgan fingerprint density at radius 2 is 2.13 bits per heavy atom. The number of amides is 2. The molecule has 1 fully saturated rings. The highest BCUT2D eigenvalue weighted by molar-refractivity contribution is 7.07. The molecule has 0 spiro atoms. The number of pyridine rings is 1. The normalized spacial score (nSPS) is 16.0. The van der Waals surface area contributed by atoms with Gasteiger partial charge in [-0.2, -0.15) is 0 Å². The first kappa shape index (κ1) is 21.0. The summed E-state index contributed by atoms with van der Waals surface area (Å²) in [5.74, 6) is 0.708. The third-order valence-electron chi connectivity index (χ3n) is 5.17. The van der Waals surface area contributed by atoms with Gasteiger partial charge in [-0.25, -0.2) is 9.97 Å². The van der Waals surface area contributed by atoms with Gasteiger partial charge in [-0.05, 0) is 50.1 Å². The Morgan fingerprint density at radius 3 is 2.94 bits per heavy atom. The van der Waals surface area contributed by atoms with Crippen molar-refractivity contribution in [3.05, 3.63) is 70.3 Å². The van der Waals surface area contributed by atoms with E-state index in [9.17, 15) is 9.59 Å². The average molecular weight is 437 g/mol. The molecule has 0 saturated carbocycles. The number of piperidine rings is 1. The summed E-state index contributed by atoms with van der Waals surface area (Å²) in [6.07, 6.45) is 1.53. The van der Waals surface area contributed by atoms with Crippen LogP contribution in [0.5, 0.6) is 5.75 Å². The summed E-state index contributed by atoms with van der Waals surface area (Å²) in [7, 11) is 0. The van der Waals surface area contributed by atoms with Gasteiger partial charge in [0.15, 0.2) is 0 Å². The molecule has 31 heavy (non-hydrogen) atoms. The number of anilines is 1. The number of hydrogen-bond acceptors (Lipinski definition) is 6. The highest BCUT2D eigenvalue weighted by Gasteiger charge is 2.29. The fourth-order valence-corrected chi connectivity index (χ4v) is 4.13. The summed E-state index contributed by atoms with van der Waals surface area (Å²) >= 11 is 1.52. The van der Waals surface area contributed by atoms with Crippen LogP contribution in [-0.4, -0.2) is 39.8 Å². The molecule has 2 amide bonds. The number of benzene rings is 1. The molecule has 1 aromatic carbocycles. The highest BCUT2D eigenvalue weighted by Crippen LogP contribution is 2.22. The van der Waals surface area contributed by atoms with Crippen molar-refractivity contribution < 1.29 is 14.3 Å². The summed E-state index contributed by atoms with van der Waals surface area (Å²) in [5, 5.41) is 4.81. The van der Waals surface area contributed by atoms with Crippen LogP contribution >= 0.6 is 11.3 Å². The summed E-state index contributed by atoms with van der Waals surface area (Å²) in [4.78, 5) is 36.1. The molecule has 2 aromatic heterocycles. The Morgan fingerprint density at radius 1 is 1.26 bits per heavy atom. The number of aryl methyl sites for hydroxylation is 1. The molecule has 1 N–H and O–H groups in total. The molecule has 3 aromatic rings. The van der Waals surface area contributed by atoms with Crippen LogP contribution in [0.25, 0.3) is 0 Å². The van der Waals surface area contributed by atoms with Gasteiger partial charge in [0.05, 0.1) is 17.1 Å². The highest BCUT2D eigenvalue weighted by atomic mass is 32.1. The van der Waals surface area contributed by atoms with Crippen LogP contribution in [0.3, 0.4) is 0 Å². The topological polar surface area (TPSA) is 84.4 Å². The van der Waals surface area contributed by atoms with Gasteiger partial charge >= 0.3 is 0 Å². The van der Waals surface area contributed by atoms with Crippen LogP contribution < -0.4 is 10.1 Å². The van der Waals surface area contributed by atoms with E-state index in [-0.39, 0.29) is 17.7 Å². The molecule has 1 unspecified atom stereocenters. The Bertz CT molecular complexity index is 1050. The SMILES string of the molecule is Cc1cccc(NC(=O)C2CCCN(C(=O)c3cccc(OCc4cscn4)c3)C2)n1. The number of rotatable bonds is 6. The van der Waals surface area contributed by atoms with Crippen LogP contribution in [0.1, 0.15) is 34.6 Å². The minimum absolute atomic E-state index is 0.0923. The molecule has 8 heteroatoms. The van der Waals surface area contributed by atoms with E-state index < -0.39 is 0 Å². The lowest BCUT2D eigenvalue weighted by Crippen LogP contribution is -2.43. The van der Waals surface area contributed by atoms with Crippen LogP contribution in [0.2, 0.25) is 0 Å². The lowest BCUT2D eigenvalue weighted by atomic mass is 9.96. The number of likely N-dealkylation sites (tertiary alicyclic amines) is 1. The molecule has 1 saturated heterocycles. The molecule has 0 bridgehead atoms. The van der Waals surface area contributed by atoms with Gasteiger partial charge in [-0.1, -0.05) is 12.1 Å². The third-order valence-corrected chi connectivity index (χ3v) is 5.81. The predicted octanol–water partition coefficient (Wildman–Crippen LogP) is 3.92. The zero-order valence-corrected chi connectivity index (χ0v) is 18.1. The maximum Gasteiger partial charge on any atom is 0.254 e. The van der Waals surface area contributed by atoms with Crippen molar-refractivity contribution in [2.24, 2.45) is 5.92 Å². The second-order valence-corrected chi connectivity index (χ2v) is 8.26. The number of thiazole rings is 1. The number of carbonyl (C=O) groups excluding carboxylic acids is 2. The van der Waals surface area contributed by atoms with E-state index in [4.69, 9.17) is 4.74 Å². The molecular weight excluding hydrogens is 412 g/mol. The van der Waals surface area contributed by atoms with Gasteiger partial charge in [-0.3, -0.25) is 9.59 Å². The van der Waals surface area contributed by atoms with Gasteiger partial charge < -0.3 is 15.0 Å². The Kier molecular flexibility index (Phi) is 6.57. The Hall–Kier alpha value is -3.26. The lowest BCUT2D eigenvalue weighted by molar-refractivity contribution is -0.121. The standard InChI is InChI=1S/C23H24N4O3S/c1-16-5-2-9-21(25-16)26-22(28)18-7-4-10-27(12-18)23(29)17-6-3-8-20(11-17)30-13-19-14-31-15-24-19/h2-3,5-6,8-9,11,14-15,18H,4,7,10,12-13H2,1H3,(H,25,26,28). The van der Waals surface area contributed by atoms with Crippen LogP contribution in [0.15, 0.2) is 53.4 Å². The van der Waals surface area contributed by atoms with Crippen LogP contribution in [0.4, 0.5) is 5.82 Å². The zero-order chi connectivity index (χ0) is 21.6. The van der Waals surface area contributed by atoms with Gasteiger partial charge in [-0.15, -0.1) is 11.3 Å². The number of carbonyl (C=O) groups is 2. The molecule has 160 valence electrons. The van der Waals surface area contributed by atoms with Gasteiger partial charge in [0.25, 0.3) is 5.91 Å². The quantitative estimate of drug-likeness (QED) is 0.633. The molecule has 3 heterocycles. The van der Waals surface area contributed by atoms with Crippen molar-refractivity contribution in [2.45, 2.75) is 26.4 Å². The molecule has 1 aliphatic rings. The minimum atomic E-state index is -0.260. The van der Waals surface area contributed by atoms with Crippen molar-refractivity contribution in [1.82, 2.24) is 14.9 Å². The molecule has 0 radical (unpaired) electrons. The summed E-state index contributed by atoms with van der Waals surface area (Å²) < 4.78 is 5.77. The molecule has 1 atom stereocenters. The first-order valence-electron chi connectivity index (χ1n) is 10.2. The van der Waals surface area contributed by atoms with Gasteiger partial charge in [0, 0.05) is 29.7 Å². The number of aromatic nitrogens is 2. The minimum Gasteiger partial charge on any atom is -0.487 e.